The van der Waals surface area contributed by atoms with Crippen LogP contribution in [-0.2, 0) is 71.9 Å². The first kappa shape index (κ1) is 73.7. The Bertz CT molecular complexity index is 3040. The molecule has 1 fully saturated rings. The Hall–Kier alpha value is -7.00. The first-order chi connectivity index (χ1) is 42.8. The molecular weight excluding hydrogens is 1190 g/mol. The number of aromatic nitrogens is 1. The number of H-pyrrole nitrogens is 1. The molecule has 3 aromatic carbocycles. The van der Waals surface area contributed by atoms with Crippen LogP contribution in [0, 0.1) is 17.3 Å². The predicted octanol–water partition coefficient (Wildman–Crippen LogP) is 2.79. The van der Waals surface area contributed by atoms with Gasteiger partial charge in [0, 0.05) is 72.7 Å². The molecule has 1 aliphatic rings. The van der Waals surface area contributed by atoms with Gasteiger partial charge in [-0.25, -0.2) is 0 Å². The molecule has 4 aromatic rings. The lowest BCUT2D eigenvalue weighted by Gasteiger charge is -2.35. The Kier molecular flexibility index (Phi) is 30.1. The third-order valence-electron chi connectivity index (χ3n) is 16.0. The molecule has 12 N–H and O–H groups in total. The second kappa shape index (κ2) is 36.7. The number of nitrogens with zero attached hydrogens (tertiary/aromatic N) is 1. The Morgan fingerprint density at radius 3 is 2.06 bits per heavy atom. The first-order valence-corrected chi connectivity index (χ1v) is 33.1. The fourth-order valence-electron chi connectivity index (χ4n) is 10.4. The second-order valence-corrected chi connectivity index (χ2v) is 26.7. The summed E-state index contributed by atoms with van der Waals surface area (Å²) in [5.74, 6) is -10.3. The number of unbranched alkanes of at least 4 members (excludes halogenated alkanes) is 1. The highest BCUT2D eigenvalue weighted by Crippen LogP contribution is 2.33. The van der Waals surface area contributed by atoms with Gasteiger partial charge >= 0.3 is 5.97 Å². The van der Waals surface area contributed by atoms with Gasteiger partial charge in [-0.1, -0.05) is 114 Å². The lowest BCUT2D eigenvalue weighted by Crippen LogP contribution is -2.62. The van der Waals surface area contributed by atoms with E-state index >= 15 is 14.4 Å². The van der Waals surface area contributed by atoms with Gasteiger partial charge in [0.15, 0.2) is 17.3 Å². The Labute approximate surface area is 534 Å². The number of nitrogens with two attached hydrogens (primary N) is 1. The molecule has 0 saturated carbocycles. The average Bonchev–Trinajstić information content (AvgIpc) is 3.11. The molecule has 0 aliphatic carbocycles. The number of para-hydroxylation sites is 1. The number of esters is 1. The molecule has 1 aliphatic heterocycles. The van der Waals surface area contributed by atoms with Crippen LogP contribution in [0.25, 0.3) is 10.9 Å². The van der Waals surface area contributed by atoms with Gasteiger partial charge in [0.1, 0.15) is 30.3 Å². The SMILES string of the molecule is CC(=O)C(=O)CCC(C)(C)C(CCN(C)C)OC(=O)CC(Cc1ccccc1)C(=O)NC1CSSCC(C(=O)NC(CO)C(C)O)NC(=O)C(C(C)O)NC(=O)C(CCCCN)NC(=O)C(Cc2c[nH]c3ccccc23)NC(=O)C(Cc2ccccc2)CC1=O. The number of aliphatic hydroxyl groups excluding tert-OH is 3. The summed E-state index contributed by atoms with van der Waals surface area (Å²) in [6.45, 7) is 7.52. The maximum atomic E-state index is 15.3. The summed E-state index contributed by atoms with van der Waals surface area (Å²) in [5, 5.41) is 48.6. The van der Waals surface area contributed by atoms with E-state index in [9.17, 15) is 48.9 Å². The number of Topliss-reactive ketones (excluding diaryl/α,β-unsaturated/α-hetero) is 3. The van der Waals surface area contributed by atoms with Gasteiger partial charge in [-0.3, -0.25) is 47.9 Å². The van der Waals surface area contributed by atoms with Crippen molar-refractivity contribution in [1.29, 1.82) is 0 Å². The van der Waals surface area contributed by atoms with E-state index in [-0.39, 0.29) is 56.6 Å². The number of rotatable bonds is 28. The van der Waals surface area contributed by atoms with Gasteiger partial charge in [0.2, 0.25) is 35.4 Å². The van der Waals surface area contributed by atoms with Crippen molar-refractivity contribution in [1.82, 2.24) is 41.8 Å². The van der Waals surface area contributed by atoms with E-state index in [0.717, 1.165) is 32.5 Å². The summed E-state index contributed by atoms with van der Waals surface area (Å²) < 4.78 is 6.22. The minimum Gasteiger partial charge on any atom is -0.462 e. The zero-order valence-electron chi connectivity index (χ0n) is 52.5. The summed E-state index contributed by atoms with van der Waals surface area (Å²) in [5.41, 5.74) is 7.77. The van der Waals surface area contributed by atoms with E-state index in [2.05, 4.69) is 36.9 Å². The second-order valence-electron chi connectivity index (χ2n) is 24.1. The van der Waals surface area contributed by atoms with Crippen molar-refractivity contribution >= 4 is 91.3 Å². The van der Waals surface area contributed by atoms with Crippen LogP contribution < -0.4 is 37.6 Å². The monoisotopic (exact) mass is 1290 g/mol. The van der Waals surface area contributed by atoms with Crippen LogP contribution in [-0.4, -0.2) is 184 Å². The van der Waals surface area contributed by atoms with E-state index in [1.165, 1.54) is 20.8 Å². The summed E-state index contributed by atoms with van der Waals surface area (Å²) >= 11 is 0. The van der Waals surface area contributed by atoms with Crippen LogP contribution in [0.3, 0.4) is 0 Å². The van der Waals surface area contributed by atoms with Gasteiger partial charge < -0.3 is 67.6 Å². The van der Waals surface area contributed by atoms with Gasteiger partial charge in [0.05, 0.1) is 43.2 Å². The summed E-state index contributed by atoms with van der Waals surface area (Å²) in [7, 11) is 5.73. The molecule has 11 atom stereocenters. The van der Waals surface area contributed by atoms with Crippen LogP contribution in [0.5, 0.6) is 0 Å². The van der Waals surface area contributed by atoms with Crippen molar-refractivity contribution in [2.24, 2.45) is 23.0 Å². The molecule has 2 heterocycles. The van der Waals surface area contributed by atoms with Crippen molar-refractivity contribution in [3.8, 4) is 0 Å². The number of aliphatic hydroxyl groups is 3. The lowest BCUT2D eigenvalue weighted by molar-refractivity contribution is -0.159. The van der Waals surface area contributed by atoms with Crippen molar-refractivity contribution in [2.45, 2.75) is 160 Å². The van der Waals surface area contributed by atoms with Crippen molar-refractivity contribution in [3.63, 3.8) is 0 Å². The molecule has 23 nitrogen and oxygen atoms in total. The highest BCUT2D eigenvalue weighted by molar-refractivity contribution is 8.76. The third-order valence-corrected chi connectivity index (χ3v) is 18.4. The molecule has 0 spiro atoms. The number of nitrogens with one attached hydrogen (secondary N) is 7. The Balaban J connectivity index is 1.61. The van der Waals surface area contributed by atoms with E-state index in [0.29, 0.717) is 42.5 Å². The minimum atomic E-state index is -1.71. The third kappa shape index (κ3) is 23.7. The molecule has 1 saturated heterocycles. The van der Waals surface area contributed by atoms with Crippen LogP contribution in [0.2, 0.25) is 0 Å². The fourth-order valence-corrected chi connectivity index (χ4v) is 12.7. The van der Waals surface area contributed by atoms with Crippen LogP contribution in [0.15, 0.2) is 91.1 Å². The first-order valence-electron chi connectivity index (χ1n) is 30.6. The molecule has 0 radical (unpaired) electrons. The Morgan fingerprint density at radius 2 is 1.42 bits per heavy atom. The Morgan fingerprint density at radius 1 is 0.789 bits per heavy atom. The molecular formula is C65H91N9O14S2. The van der Waals surface area contributed by atoms with Crippen LogP contribution >= 0.6 is 21.6 Å². The summed E-state index contributed by atoms with van der Waals surface area (Å²) in [4.78, 5) is 147. The number of carbonyl (C=O) groups is 10. The zero-order chi connectivity index (χ0) is 66.1. The zero-order valence-corrected chi connectivity index (χ0v) is 54.1. The lowest BCUT2D eigenvalue weighted by atomic mass is 9.79. The van der Waals surface area contributed by atoms with E-state index in [1.807, 2.05) is 57.1 Å². The molecule has 0 bridgehead atoms. The highest BCUT2D eigenvalue weighted by atomic mass is 33.1. The molecule has 1 aromatic heterocycles. The highest BCUT2D eigenvalue weighted by Gasteiger charge is 2.39. The normalized spacial score (nSPS) is 21.1. The number of benzene rings is 3. The van der Waals surface area contributed by atoms with E-state index in [1.54, 1.807) is 66.9 Å². The number of amides is 6. The smallest absolute Gasteiger partial charge is 0.306 e. The average molecular weight is 1290 g/mol. The number of hydrogen-bond acceptors (Lipinski definition) is 18. The van der Waals surface area contributed by atoms with Gasteiger partial charge in [-0.15, -0.1) is 0 Å². The molecule has 25 heteroatoms. The predicted molar refractivity (Wildman–Crippen MR) is 345 cm³/mol. The summed E-state index contributed by atoms with van der Waals surface area (Å²) in [6.07, 6.45) is -1.64. The van der Waals surface area contributed by atoms with Crippen LogP contribution in [0.4, 0.5) is 0 Å². The molecule has 6 amide bonds. The van der Waals surface area contributed by atoms with Crippen molar-refractivity contribution in [3.05, 3.63) is 108 Å². The van der Waals surface area contributed by atoms with Crippen LogP contribution in [0.1, 0.15) is 103 Å². The fraction of sp³-hybridized carbons (Fsp3) is 0.538. The minimum absolute atomic E-state index is 0.00488. The molecule has 492 valence electrons. The maximum Gasteiger partial charge on any atom is 0.306 e. The number of carbonyl (C=O) groups excluding carboxylic acids is 10. The number of aromatic amines is 1. The summed E-state index contributed by atoms with van der Waals surface area (Å²) in [6, 6.07) is 16.6. The molecule has 5 rings (SSSR count). The van der Waals surface area contributed by atoms with E-state index in [4.69, 9.17) is 10.5 Å². The molecule has 11 unspecified atom stereocenters. The maximum absolute atomic E-state index is 15.3. The van der Waals surface area contributed by atoms with Crippen molar-refractivity contribution < 1.29 is 68.0 Å². The van der Waals surface area contributed by atoms with Crippen molar-refractivity contribution in [2.75, 3.05) is 45.3 Å². The molecule has 90 heavy (non-hydrogen) atoms. The number of fused-ring (bicyclic) bond motifs is 1. The van der Waals surface area contributed by atoms with Gasteiger partial charge in [-0.2, -0.15) is 0 Å². The quantitative estimate of drug-likeness (QED) is 0.0169. The number of hydrogen-bond donors (Lipinski definition) is 11. The van der Waals surface area contributed by atoms with Gasteiger partial charge in [0.25, 0.3) is 0 Å². The standard InChI is InChI=1S/C65H91N9O14S2/c1-39(76)51(36-75)70-63(86)53-38-90-89-37-52(71-60(83)45(31-43-20-12-9-13-21-43)34-57(81)88-56(26-29-74(6)7)65(4,5)27-25-54(79)40(2)77)55(80)33-44(30-42-18-10-8-11-19-42)59(82)69-50(32-46-35-67-48-23-15-14-22-47(46)48)62(85)68-49(24-16-17-28-66)61(84)73-58(41(3)78)64(87)72-53/h8-15,18-23,35,39,41,44-45,49-53,56,58,67,75-76,78H,16-17,24-34,36-38,66H2,1-7H3,(H,68,85)(H,69,82)(H,70,86)(H,71,83)(H,72,87)(H,73,84). The van der Waals surface area contributed by atoms with Gasteiger partial charge in [-0.05, 0) is 102 Å². The largest absolute Gasteiger partial charge is 0.462 e. The topological polar surface area (TPSA) is 358 Å². The number of ether oxygens (including phenoxy) is 1. The number of ketones is 3. The van der Waals surface area contributed by atoms with E-state index < -0.39 is 150 Å².